The molecule has 0 N–H and O–H groups in total. The molecule has 4 heterocycles. The molecular formula is C38H31IrN3O-2. The van der Waals surface area contributed by atoms with Gasteiger partial charge < -0.3 is 14.4 Å². The Labute approximate surface area is 267 Å². The third-order valence-electron chi connectivity index (χ3n) is 7.17. The van der Waals surface area contributed by atoms with Crippen molar-refractivity contribution in [2.45, 2.75) is 33.6 Å². The summed E-state index contributed by atoms with van der Waals surface area (Å²) in [5.41, 5.74) is 10.4. The molecule has 0 amide bonds. The number of fused-ring (bicyclic) bond motifs is 3. The fraction of sp³-hybridized carbons (Fsp3) is 0.132. The molecule has 1 radical (unpaired) electrons. The average molecular weight is 739 g/mol. The molecule has 4 aromatic heterocycles. The Bertz CT molecular complexity index is 2010. The van der Waals surface area contributed by atoms with Crippen LogP contribution in [0.4, 0.5) is 0 Å². The van der Waals surface area contributed by atoms with E-state index in [0.29, 0.717) is 5.71 Å². The van der Waals surface area contributed by atoms with E-state index in [2.05, 4.69) is 70.4 Å². The molecule has 215 valence electrons. The number of benzene rings is 3. The van der Waals surface area contributed by atoms with E-state index in [-0.39, 0.29) is 20.1 Å². The number of furan rings is 1. The SMILES string of the molecule is Cc1ccc(-c2ccnc(-c3[c-]ccc4c3oc3nc(C)ccc34)c2)cc1.[2H]C(C)(C)c1c[c-]c(-c2ccccn2)cc1.[Ir]. The average Bonchev–Trinajstić information content (AvgIpc) is 3.39. The van der Waals surface area contributed by atoms with E-state index in [9.17, 15) is 0 Å². The summed E-state index contributed by atoms with van der Waals surface area (Å²) in [7, 11) is 0. The van der Waals surface area contributed by atoms with Crippen LogP contribution in [0.2, 0.25) is 0 Å². The molecule has 0 bridgehead atoms. The van der Waals surface area contributed by atoms with Gasteiger partial charge >= 0.3 is 0 Å². The molecule has 0 aliphatic rings. The van der Waals surface area contributed by atoms with E-state index in [1.807, 2.05) is 87.6 Å². The molecule has 4 nitrogen and oxygen atoms in total. The van der Waals surface area contributed by atoms with Crippen LogP contribution in [0.3, 0.4) is 0 Å². The number of aryl methyl sites for hydroxylation is 2. The second-order valence-electron chi connectivity index (χ2n) is 10.5. The summed E-state index contributed by atoms with van der Waals surface area (Å²) >= 11 is 0. The quantitative estimate of drug-likeness (QED) is 0.169. The van der Waals surface area contributed by atoms with Gasteiger partial charge in [-0.15, -0.1) is 53.6 Å². The van der Waals surface area contributed by atoms with E-state index >= 15 is 0 Å². The number of pyridine rings is 3. The van der Waals surface area contributed by atoms with Crippen molar-refractivity contribution in [2.24, 2.45) is 0 Å². The van der Waals surface area contributed by atoms with Crippen molar-refractivity contribution < 1.29 is 25.9 Å². The van der Waals surface area contributed by atoms with Gasteiger partial charge in [0.15, 0.2) is 0 Å². The minimum Gasteiger partial charge on any atom is -0.486 e. The Morgan fingerprint density at radius 3 is 2.30 bits per heavy atom. The predicted molar refractivity (Wildman–Crippen MR) is 171 cm³/mol. The molecule has 0 atom stereocenters. The van der Waals surface area contributed by atoms with E-state index < -0.39 is 5.89 Å². The molecule has 0 unspecified atom stereocenters. The third kappa shape index (κ3) is 6.64. The van der Waals surface area contributed by atoms with Crippen LogP contribution < -0.4 is 0 Å². The van der Waals surface area contributed by atoms with Gasteiger partial charge in [-0.25, -0.2) is 4.98 Å². The summed E-state index contributed by atoms with van der Waals surface area (Å²) in [6.07, 6.45) is 3.60. The number of rotatable bonds is 4. The zero-order valence-electron chi connectivity index (χ0n) is 25.5. The van der Waals surface area contributed by atoms with Crippen molar-refractivity contribution in [1.82, 2.24) is 15.0 Å². The number of nitrogens with zero attached hydrogens (tertiary/aromatic N) is 3. The predicted octanol–water partition coefficient (Wildman–Crippen LogP) is 9.80. The van der Waals surface area contributed by atoms with Gasteiger partial charge in [-0.3, -0.25) is 0 Å². The van der Waals surface area contributed by atoms with Crippen molar-refractivity contribution >= 4 is 22.1 Å². The van der Waals surface area contributed by atoms with Gasteiger partial charge in [0.2, 0.25) is 5.71 Å². The van der Waals surface area contributed by atoms with Crippen LogP contribution in [-0.2, 0) is 20.1 Å². The molecule has 0 fully saturated rings. The second kappa shape index (κ2) is 13.2. The third-order valence-corrected chi connectivity index (χ3v) is 7.17. The molecule has 7 rings (SSSR count). The maximum Gasteiger partial charge on any atom is 0.216 e. The Balaban J connectivity index is 0.000000194. The van der Waals surface area contributed by atoms with Crippen LogP contribution >= 0.6 is 0 Å². The van der Waals surface area contributed by atoms with Crippen molar-refractivity contribution in [2.75, 3.05) is 0 Å². The van der Waals surface area contributed by atoms with Gasteiger partial charge in [-0.05, 0) is 60.6 Å². The Morgan fingerprint density at radius 1 is 0.767 bits per heavy atom. The molecule has 5 heteroatoms. The Hall–Kier alpha value is -4.44. The van der Waals surface area contributed by atoms with E-state index in [0.717, 1.165) is 55.7 Å². The molecule has 0 saturated carbocycles. The van der Waals surface area contributed by atoms with Gasteiger partial charge in [0.25, 0.3) is 0 Å². The monoisotopic (exact) mass is 739 g/mol. The molecule has 0 saturated heterocycles. The topological polar surface area (TPSA) is 51.8 Å². The molecule has 0 spiro atoms. The summed E-state index contributed by atoms with van der Waals surface area (Å²) in [5.74, 6) is -0.570. The molecule has 0 aliphatic heterocycles. The largest absolute Gasteiger partial charge is 0.486 e. The van der Waals surface area contributed by atoms with Crippen LogP contribution in [0.5, 0.6) is 0 Å². The molecule has 43 heavy (non-hydrogen) atoms. The fourth-order valence-electron chi connectivity index (χ4n) is 4.82. The smallest absolute Gasteiger partial charge is 0.216 e. The summed E-state index contributed by atoms with van der Waals surface area (Å²) < 4.78 is 14.0. The second-order valence-corrected chi connectivity index (χ2v) is 10.5. The maximum atomic E-state index is 7.91. The van der Waals surface area contributed by atoms with Crippen LogP contribution in [0.1, 0.15) is 37.9 Å². The van der Waals surface area contributed by atoms with Gasteiger partial charge in [0, 0.05) is 44.9 Å². The summed E-state index contributed by atoms with van der Waals surface area (Å²) in [6, 6.07) is 38.7. The standard InChI is InChI=1S/C24H17N2O.C14H14N.Ir/c1-15-6-9-17(10-7-15)18-12-13-25-22(14-18)21-5-3-4-19-20-11-8-16(2)26-24(20)27-23(19)21;1-11(2)12-6-8-13(9-7-12)14-5-3-4-10-15-14;/h3-4,6-14H,1-2H3;3-8,10-11H,1-2H3;/q2*-1;/i;11D;. The molecule has 0 aliphatic carbocycles. The first-order valence-electron chi connectivity index (χ1n) is 14.4. The minimum absolute atomic E-state index is 0. The maximum absolute atomic E-state index is 7.91. The first kappa shape index (κ1) is 28.7. The van der Waals surface area contributed by atoms with Crippen molar-refractivity contribution in [3.05, 3.63) is 138 Å². The first-order valence-corrected chi connectivity index (χ1v) is 13.9. The number of hydrogen-bond donors (Lipinski definition) is 0. The molecule has 7 aromatic rings. The summed E-state index contributed by atoms with van der Waals surface area (Å²) in [5, 5.41) is 2.05. The van der Waals surface area contributed by atoms with E-state index in [4.69, 9.17) is 5.79 Å². The van der Waals surface area contributed by atoms with E-state index in [1.165, 1.54) is 11.1 Å². The zero-order valence-corrected chi connectivity index (χ0v) is 26.9. The van der Waals surface area contributed by atoms with Crippen molar-refractivity contribution in [1.29, 1.82) is 0 Å². The normalized spacial score (nSPS) is 11.4. The van der Waals surface area contributed by atoms with Crippen LogP contribution in [0.25, 0.3) is 55.7 Å². The van der Waals surface area contributed by atoms with Gasteiger partial charge in [-0.2, -0.15) is 0 Å². The molecular weight excluding hydrogens is 707 g/mol. The van der Waals surface area contributed by atoms with Crippen LogP contribution in [0.15, 0.2) is 114 Å². The fourth-order valence-corrected chi connectivity index (χ4v) is 4.82. The summed E-state index contributed by atoms with van der Waals surface area (Å²) in [6.45, 7) is 7.80. The van der Waals surface area contributed by atoms with Gasteiger partial charge in [0.05, 0.1) is 5.58 Å². The number of hydrogen-bond acceptors (Lipinski definition) is 4. The Morgan fingerprint density at radius 2 is 1.58 bits per heavy atom. The molecule has 3 aromatic carbocycles. The summed E-state index contributed by atoms with van der Waals surface area (Å²) in [4.78, 5) is 13.4. The van der Waals surface area contributed by atoms with E-state index in [1.54, 1.807) is 6.20 Å². The Kier molecular flexibility index (Phi) is 8.83. The van der Waals surface area contributed by atoms with Crippen LogP contribution in [0, 0.1) is 26.0 Å². The number of aromatic nitrogens is 3. The van der Waals surface area contributed by atoms with Gasteiger partial charge in [0.1, 0.15) is 0 Å². The minimum atomic E-state index is -0.570. The van der Waals surface area contributed by atoms with Crippen molar-refractivity contribution in [3.8, 4) is 33.6 Å². The van der Waals surface area contributed by atoms with Crippen LogP contribution in [-0.4, -0.2) is 15.0 Å². The zero-order chi connectivity index (χ0) is 30.0. The van der Waals surface area contributed by atoms with Gasteiger partial charge in [-0.1, -0.05) is 78.7 Å². The van der Waals surface area contributed by atoms with Crippen molar-refractivity contribution in [3.63, 3.8) is 0 Å². The first-order chi connectivity index (χ1) is 20.8.